The summed E-state index contributed by atoms with van der Waals surface area (Å²) in [5, 5.41) is 14.0. The highest BCUT2D eigenvalue weighted by molar-refractivity contribution is 5.93. The fourth-order valence-corrected chi connectivity index (χ4v) is 3.47. The highest BCUT2D eigenvalue weighted by atomic mass is 16.2. The zero-order chi connectivity index (χ0) is 18.6. The van der Waals surface area contributed by atoms with Crippen LogP contribution in [0.25, 0.3) is 11.3 Å². The standard InChI is InChI=1S/C19H20N6O2/c26-18-6-5-17(13-7-9-20-10-8-13)24-25(18)16-3-1-15(2-4-16)23-19(27)14-11-21-22-12-14/h5-12,15-16H,1-4H2,(H,21,22)(H,23,27). The lowest BCUT2D eigenvalue weighted by atomic mass is 9.91. The van der Waals surface area contributed by atoms with Gasteiger partial charge in [-0.3, -0.25) is 19.7 Å². The number of hydrogen-bond acceptors (Lipinski definition) is 5. The molecule has 27 heavy (non-hydrogen) atoms. The van der Waals surface area contributed by atoms with Crippen molar-refractivity contribution in [1.29, 1.82) is 0 Å². The first-order valence-electron chi connectivity index (χ1n) is 9.00. The number of carbonyl (C=O) groups excluding carboxylic acids is 1. The first-order valence-corrected chi connectivity index (χ1v) is 9.00. The van der Waals surface area contributed by atoms with E-state index < -0.39 is 0 Å². The summed E-state index contributed by atoms with van der Waals surface area (Å²) < 4.78 is 1.59. The van der Waals surface area contributed by atoms with E-state index in [0.717, 1.165) is 36.9 Å². The Kier molecular flexibility index (Phi) is 4.78. The summed E-state index contributed by atoms with van der Waals surface area (Å²) in [5.74, 6) is -0.123. The number of hydrogen-bond donors (Lipinski definition) is 2. The molecule has 1 amide bonds. The molecule has 8 heteroatoms. The molecule has 0 saturated heterocycles. The summed E-state index contributed by atoms with van der Waals surface area (Å²) in [6.45, 7) is 0. The minimum absolute atomic E-state index is 0.0429. The second-order valence-corrected chi connectivity index (χ2v) is 6.70. The zero-order valence-electron chi connectivity index (χ0n) is 14.7. The molecule has 1 fully saturated rings. The van der Waals surface area contributed by atoms with Gasteiger partial charge in [0, 0.05) is 36.3 Å². The second-order valence-electron chi connectivity index (χ2n) is 6.70. The SMILES string of the molecule is O=C(NC1CCC(n2nc(-c3ccncc3)ccc2=O)CC1)c1cn[nH]c1. The summed E-state index contributed by atoms with van der Waals surface area (Å²) in [7, 11) is 0. The topological polar surface area (TPSA) is 106 Å². The van der Waals surface area contributed by atoms with E-state index in [1.807, 2.05) is 12.1 Å². The Labute approximate surface area is 155 Å². The van der Waals surface area contributed by atoms with E-state index in [4.69, 9.17) is 0 Å². The van der Waals surface area contributed by atoms with E-state index in [2.05, 4.69) is 25.6 Å². The molecule has 0 aliphatic heterocycles. The van der Waals surface area contributed by atoms with Crippen LogP contribution in [0.2, 0.25) is 0 Å². The molecular weight excluding hydrogens is 344 g/mol. The van der Waals surface area contributed by atoms with E-state index in [9.17, 15) is 9.59 Å². The van der Waals surface area contributed by atoms with Gasteiger partial charge in [0.1, 0.15) is 0 Å². The molecular formula is C19H20N6O2. The van der Waals surface area contributed by atoms with Crippen LogP contribution in [0.1, 0.15) is 42.1 Å². The Hall–Kier alpha value is -3.29. The molecule has 0 radical (unpaired) electrons. The number of amides is 1. The fourth-order valence-electron chi connectivity index (χ4n) is 3.47. The zero-order valence-corrected chi connectivity index (χ0v) is 14.7. The molecule has 0 atom stereocenters. The van der Waals surface area contributed by atoms with Crippen molar-refractivity contribution in [3.63, 3.8) is 0 Å². The van der Waals surface area contributed by atoms with E-state index in [1.165, 1.54) is 6.20 Å². The predicted molar refractivity (Wildman–Crippen MR) is 99.1 cm³/mol. The van der Waals surface area contributed by atoms with Crippen LogP contribution in [0, 0.1) is 0 Å². The van der Waals surface area contributed by atoms with Crippen LogP contribution in [0.15, 0.2) is 53.8 Å². The number of aromatic nitrogens is 5. The van der Waals surface area contributed by atoms with Crippen LogP contribution in [0.3, 0.4) is 0 Å². The highest BCUT2D eigenvalue weighted by Gasteiger charge is 2.25. The van der Waals surface area contributed by atoms with Crippen LogP contribution in [0.4, 0.5) is 0 Å². The number of aromatic amines is 1. The van der Waals surface area contributed by atoms with Crippen molar-refractivity contribution >= 4 is 5.91 Å². The Morgan fingerprint density at radius 3 is 2.59 bits per heavy atom. The van der Waals surface area contributed by atoms with Gasteiger partial charge in [0.2, 0.25) is 0 Å². The molecule has 1 saturated carbocycles. The first kappa shape index (κ1) is 17.1. The van der Waals surface area contributed by atoms with E-state index >= 15 is 0 Å². The van der Waals surface area contributed by atoms with E-state index in [0.29, 0.717) is 5.56 Å². The molecule has 138 valence electrons. The van der Waals surface area contributed by atoms with Gasteiger partial charge in [0.25, 0.3) is 11.5 Å². The normalized spacial score (nSPS) is 19.6. The monoisotopic (exact) mass is 364 g/mol. The summed E-state index contributed by atoms with van der Waals surface area (Å²) in [5.41, 5.74) is 2.12. The van der Waals surface area contributed by atoms with Crippen LogP contribution >= 0.6 is 0 Å². The molecule has 0 spiro atoms. The third-order valence-corrected chi connectivity index (χ3v) is 4.94. The smallest absolute Gasteiger partial charge is 0.267 e. The van der Waals surface area contributed by atoms with Crippen LogP contribution in [-0.2, 0) is 0 Å². The van der Waals surface area contributed by atoms with Gasteiger partial charge < -0.3 is 5.32 Å². The molecule has 8 nitrogen and oxygen atoms in total. The predicted octanol–water partition coefficient (Wildman–Crippen LogP) is 1.94. The van der Waals surface area contributed by atoms with Crippen molar-refractivity contribution in [2.75, 3.05) is 0 Å². The molecule has 0 bridgehead atoms. The maximum Gasteiger partial charge on any atom is 0.267 e. The largest absolute Gasteiger partial charge is 0.349 e. The molecule has 4 rings (SSSR count). The van der Waals surface area contributed by atoms with Gasteiger partial charge >= 0.3 is 0 Å². The van der Waals surface area contributed by atoms with E-state index in [-0.39, 0.29) is 23.6 Å². The summed E-state index contributed by atoms with van der Waals surface area (Å²) >= 11 is 0. The van der Waals surface area contributed by atoms with Crippen molar-refractivity contribution in [3.8, 4) is 11.3 Å². The maximum atomic E-state index is 12.3. The molecule has 1 aliphatic rings. The van der Waals surface area contributed by atoms with Gasteiger partial charge in [-0.1, -0.05) is 0 Å². The third-order valence-electron chi connectivity index (χ3n) is 4.94. The molecule has 0 aromatic carbocycles. The lowest BCUT2D eigenvalue weighted by molar-refractivity contribution is 0.0921. The number of rotatable bonds is 4. The van der Waals surface area contributed by atoms with Gasteiger partial charge in [-0.15, -0.1) is 0 Å². The third kappa shape index (κ3) is 3.79. The number of nitrogens with zero attached hydrogens (tertiary/aromatic N) is 4. The van der Waals surface area contributed by atoms with Gasteiger partial charge in [-0.05, 0) is 43.9 Å². The molecule has 3 heterocycles. The number of carbonyl (C=O) groups is 1. The van der Waals surface area contributed by atoms with Crippen molar-refractivity contribution in [1.82, 2.24) is 30.3 Å². The highest BCUT2D eigenvalue weighted by Crippen LogP contribution is 2.27. The molecule has 3 aromatic rings. The van der Waals surface area contributed by atoms with Gasteiger partial charge in [0.15, 0.2) is 0 Å². The molecule has 0 unspecified atom stereocenters. The molecule has 1 aliphatic carbocycles. The van der Waals surface area contributed by atoms with Gasteiger partial charge in [-0.25, -0.2) is 4.68 Å². The first-order chi connectivity index (χ1) is 13.2. The average Bonchev–Trinajstić information content (AvgIpc) is 3.25. The number of pyridine rings is 1. The molecule has 2 N–H and O–H groups in total. The lowest BCUT2D eigenvalue weighted by Gasteiger charge is -2.29. The maximum absolute atomic E-state index is 12.3. The van der Waals surface area contributed by atoms with Crippen molar-refractivity contribution in [2.45, 2.75) is 37.8 Å². The van der Waals surface area contributed by atoms with Crippen molar-refractivity contribution in [2.24, 2.45) is 0 Å². The Morgan fingerprint density at radius 2 is 1.89 bits per heavy atom. The minimum atomic E-state index is -0.123. The lowest BCUT2D eigenvalue weighted by Crippen LogP contribution is -2.39. The number of nitrogens with one attached hydrogen (secondary N) is 2. The van der Waals surface area contributed by atoms with Crippen LogP contribution in [0.5, 0.6) is 0 Å². The van der Waals surface area contributed by atoms with Gasteiger partial charge in [0.05, 0.1) is 23.5 Å². The van der Waals surface area contributed by atoms with Crippen LogP contribution < -0.4 is 10.9 Å². The van der Waals surface area contributed by atoms with Crippen molar-refractivity contribution < 1.29 is 4.79 Å². The Bertz CT molecular complexity index is 959. The second kappa shape index (κ2) is 7.53. The van der Waals surface area contributed by atoms with Crippen LogP contribution in [-0.4, -0.2) is 36.9 Å². The van der Waals surface area contributed by atoms with E-state index in [1.54, 1.807) is 35.4 Å². The summed E-state index contributed by atoms with van der Waals surface area (Å²) in [6.07, 6.45) is 9.71. The summed E-state index contributed by atoms with van der Waals surface area (Å²) in [6, 6.07) is 7.20. The van der Waals surface area contributed by atoms with Crippen molar-refractivity contribution in [3.05, 3.63) is 65.0 Å². The average molecular weight is 364 g/mol. The summed E-state index contributed by atoms with van der Waals surface area (Å²) in [4.78, 5) is 28.5. The Morgan fingerprint density at radius 1 is 1.11 bits per heavy atom. The fraction of sp³-hybridized carbons (Fsp3) is 0.316. The molecule has 3 aromatic heterocycles. The quantitative estimate of drug-likeness (QED) is 0.736. The van der Waals surface area contributed by atoms with Gasteiger partial charge in [-0.2, -0.15) is 10.2 Å². The Balaban J connectivity index is 1.44. The number of H-pyrrole nitrogens is 1. The minimum Gasteiger partial charge on any atom is -0.349 e.